The molecule has 1 fully saturated rings. The zero-order valence-electron chi connectivity index (χ0n) is 35.0. The number of hydrogen-bond acceptors (Lipinski definition) is 8. The Morgan fingerprint density at radius 2 is 1.50 bits per heavy atom. The maximum absolute atomic E-state index is 14.7. The Balaban J connectivity index is 1.20. The van der Waals surface area contributed by atoms with E-state index >= 15 is 0 Å². The minimum atomic E-state index is -1.15. The summed E-state index contributed by atoms with van der Waals surface area (Å²) in [6, 6.07) is 32.5. The third-order valence-corrected chi connectivity index (χ3v) is 13.1. The number of carbonyl (C=O) groups is 2. The van der Waals surface area contributed by atoms with Crippen LogP contribution in [0.15, 0.2) is 117 Å². The second-order valence-electron chi connectivity index (χ2n) is 17.6. The van der Waals surface area contributed by atoms with Crippen LogP contribution < -0.4 is 10.4 Å². The number of aliphatic hydroxyl groups excluding tert-OH is 1. The van der Waals surface area contributed by atoms with Gasteiger partial charge in [-0.2, -0.15) is 0 Å². The smallest absolute Gasteiger partial charge is 0.336 e. The largest absolute Gasteiger partial charge is 0.483 e. The third kappa shape index (κ3) is 8.99. The zero-order chi connectivity index (χ0) is 41.8. The minimum Gasteiger partial charge on any atom is -0.483 e. The zero-order valence-corrected chi connectivity index (χ0v) is 35.0. The van der Waals surface area contributed by atoms with Gasteiger partial charge in [0.25, 0.3) is 0 Å². The van der Waals surface area contributed by atoms with Crippen molar-refractivity contribution >= 4 is 22.9 Å². The highest BCUT2D eigenvalue weighted by molar-refractivity contribution is 5.90. The summed E-state index contributed by atoms with van der Waals surface area (Å²) in [6.07, 6.45) is 6.90. The van der Waals surface area contributed by atoms with E-state index in [0.29, 0.717) is 47.1 Å². The molecule has 4 atom stereocenters. The predicted molar refractivity (Wildman–Crippen MR) is 232 cm³/mol. The van der Waals surface area contributed by atoms with Gasteiger partial charge in [-0.1, -0.05) is 104 Å². The Bertz CT molecular complexity index is 2420. The number of benzene rings is 4. The number of hydrogen-bond donors (Lipinski definition) is 1. The molecule has 1 aliphatic carbocycles. The lowest BCUT2D eigenvalue weighted by atomic mass is 9.71. The van der Waals surface area contributed by atoms with Crippen LogP contribution in [0.2, 0.25) is 0 Å². The highest BCUT2D eigenvalue weighted by atomic mass is 16.6. The van der Waals surface area contributed by atoms with Crippen LogP contribution in [0, 0.1) is 11.8 Å². The Morgan fingerprint density at radius 1 is 0.767 bits per heavy atom. The first kappa shape index (κ1) is 41.3. The highest BCUT2D eigenvalue weighted by Crippen LogP contribution is 2.52. The van der Waals surface area contributed by atoms with Crippen molar-refractivity contribution in [3.05, 3.63) is 158 Å². The third-order valence-electron chi connectivity index (χ3n) is 13.1. The molecular weight excluding hydrogens is 753 g/mol. The minimum absolute atomic E-state index is 0.00556. The standard InChI is InChI=1S/C52H56O8/c1-33(2)42-24-23-34-17-19-37(20-18-34)29-39(22-21-36-13-10-14-38(28-36)27-35-11-6-4-7-12-35)30-45(54)58-49-47-44(26-25-43-40(32-53)31-46(55)57-48(43)47)60-52(3,50(49)59-51(42)56)41-15-8-5-9-16-41/h4,6-7,10-14,17-20,25-26,28,31,39,41,49-50,53H,5,8-9,15-16,21-24,27,29-30,32H2,1-3H3/t39-,49+,50-,52-/m0/s1. The molecule has 1 aromatic heterocycles. The fourth-order valence-corrected chi connectivity index (χ4v) is 9.81. The average molecular weight is 809 g/mol. The van der Waals surface area contributed by atoms with Crippen molar-refractivity contribution in [2.45, 2.75) is 122 Å². The van der Waals surface area contributed by atoms with Gasteiger partial charge in [0.05, 0.1) is 12.2 Å². The summed E-state index contributed by atoms with van der Waals surface area (Å²) in [5, 5.41) is 10.8. The monoisotopic (exact) mass is 808 g/mol. The van der Waals surface area contributed by atoms with E-state index in [1.165, 1.54) is 22.8 Å². The van der Waals surface area contributed by atoms with Gasteiger partial charge in [0.2, 0.25) is 0 Å². The average Bonchev–Trinajstić information content (AvgIpc) is 3.24. The molecule has 1 saturated carbocycles. The summed E-state index contributed by atoms with van der Waals surface area (Å²) in [7, 11) is 0. The lowest BCUT2D eigenvalue weighted by Gasteiger charge is -2.50. The topological polar surface area (TPSA) is 112 Å². The van der Waals surface area contributed by atoms with Crippen molar-refractivity contribution < 1.29 is 33.3 Å². The summed E-state index contributed by atoms with van der Waals surface area (Å²) in [4.78, 5) is 42.3. The van der Waals surface area contributed by atoms with Crippen molar-refractivity contribution in [1.29, 1.82) is 0 Å². The van der Waals surface area contributed by atoms with Crippen molar-refractivity contribution in [2.75, 3.05) is 0 Å². The van der Waals surface area contributed by atoms with Crippen LogP contribution in [0.1, 0.15) is 117 Å². The predicted octanol–water partition coefficient (Wildman–Crippen LogP) is 10.3. The van der Waals surface area contributed by atoms with E-state index in [9.17, 15) is 19.5 Å². The number of fused-ring (bicyclic) bond motifs is 13. The molecule has 4 aliphatic rings. The molecule has 0 spiro atoms. The lowest BCUT2D eigenvalue weighted by molar-refractivity contribution is -0.201. The number of allylic oxidation sites excluding steroid dienone is 1. The number of esters is 2. The number of aliphatic hydroxyl groups is 1. The van der Waals surface area contributed by atoms with Crippen molar-refractivity contribution in [1.82, 2.24) is 0 Å². The molecule has 8 heteroatoms. The SMILES string of the molecule is CC(C)=C1CCc2ccc(cc2)C[C@H](CCc2cccc(Cc3ccccc3)c2)CC(=O)O[C@@H]2c3c(ccc4c(CO)cc(=O)oc34)O[C@@](C)(C3CCCCC3)[C@H]2OC1=O. The second-order valence-corrected chi connectivity index (χ2v) is 17.6. The molecule has 60 heavy (non-hydrogen) atoms. The van der Waals surface area contributed by atoms with Gasteiger partial charge in [-0.3, -0.25) is 4.79 Å². The van der Waals surface area contributed by atoms with E-state index < -0.39 is 42.0 Å². The van der Waals surface area contributed by atoms with Crippen LogP contribution >= 0.6 is 0 Å². The molecule has 312 valence electrons. The van der Waals surface area contributed by atoms with Crippen molar-refractivity contribution in [3.8, 4) is 5.75 Å². The molecule has 3 aliphatic heterocycles. The highest BCUT2D eigenvalue weighted by Gasteiger charge is 2.56. The first-order chi connectivity index (χ1) is 29.1. The summed E-state index contributed by atoms with van der Waals surface area (Å²) < 4.78 is 26.3. The number of carbonyl (C=O) groups excluding carboxylic acids is 2. The van der Waals surface area contributed by atoms with E-state index in [4.69, 9.17) is 18.6 Å². The van der Waals surface area contributed by atoms with Crippen molar-refractivity contribution in [2.24, 2.45) is 11.8 Å². The molecule has 2 bridgehead atoms. The van der Waals surface area contributed by atoms with Crippen LogP contribution in [0.3, 0.4) is 0 Å². The van der Waals surface area contributed by atoms with Gasteiger partial charge < -0.3 is 23.7 Å². The fourth-order valence-electron chi connectivity index (χ4n) is 9.81. The Labute approximate surface area is 352 Å². The first-order valence-electron chi connectivity index (χ1n) is 21.7. The van der Waals surface area contributed by atoms with Gasteiger partial charge in [0, 0.05) is 29.4 Å². The molecule has 1 N–H and O–H groups in total. The van der Waals surface area contributed by atoms with Crippen LogP contribution in [-0.4, -0.2) is 28.8 Å². The molecule has 4 aromatic carbocycles. The quantitative estimate of drug-likeness (QED) is 0.0983. The van der Waals surface area contributed by atoms with Gasteiger partial charge in [-0.15, -0.1) is 0 Å². The van der Waals surface area contributed by atoms with Crippen molar-refractivity contribution in [3.63, 3.8) is 0 Å². The molecule has 9 rings (SSSR count). The lowest BCUT2D eigenvalue weighted by Crippen LogP contribution is -2.58. The van der Waals surface area contributed by atoms with Crippen LogP contribution in [0.4, 0.5) is 0 Å². The molecule has 0 amide bonds. The molecule has 4 heterocycles. The Morgan fingerprint density at radius 3 is 2.25 bits per heavy atom. The number of rotatable bonds is 7. The van der Waals surface area contributed by atoms with Crippen LogP contribution in [0.5, 0.6) is 5.75 Å². The molecule has 8 nitrogen and oxygen atoms in total. The maximum atomic E-state index is 14.7. The van der Waals surface area contributed by atoms with Gasteiger partial charge in [-0.05, 0) is 124 Å². The molecule has 0 radical (unpaired) electrons. The summed E-state index contributed by atoms with van der Waals surface area (Å²) in [5.41, 5.74) is 6.50. The molecule has 0 saturated heterocycles. The Hall–Kier alpha value is -5.47. The fraction of sp³-hybridized carbons (Fsp3) is 0.404. The maximum Gasteiger partial charge on any atom is 0.336 e. The van der Waals surface area contributed by atoms with E-state index in [-0.39, 0.29) is 23.8 Å². The van der Waals surface area contributed by atoms with E-state index in [2.05, 4.69) is 72.8 Å². The number of aryl methyl sites for hydroxylation is 2. The summed E-state index contributed by atoms with van der Waals surface area (Å²) in [5.74, 6) is -0.588. The van der Waals surface area contributed by atoms with E-state index in [1.807, 2.05) is 26.8 Å². The van der Waals surface area contributed by atoms with E-state index in [0.717, 1.165) is 68.1 Å². The van der Waals surface area contributed by atoms with Gasteiger partial charge in [0.15, 0.2) is 12.2 Å². The summed E-state index contributed by atoms with van der Waals surface area (Å²) >= 11 is 0. The first-order valence-corrected chi connectivity index (χ1v) is 21.7. The van der Waals surface area contributed by atoms with E-state index in [1.54, 1.807) is 12.1 Å². The van der Waals surface area contributed by atoms with Crippen LogP contribution in [0.25, 0.3) is 11.0 Å². The van der Waals surface area contributed by atoms with Gasteiger partial charge in [0.1, 0.15) is 16.9 Å². The molecule has 0 unspecified atom stereocenters. The Kier molecular flexibility index (Phi) is 12.4. The normalized spacial score (nSPS) is 22.7. The van der Waals surface area contributed by atoms with Crippen LogP contribution in [-0.2, 0) is 51.4 Å². The van der Waals surface area contributed by atoms with Gasteiger partial charge in [-0.25, -0.2) is 9.59 Å². The molecule has 5 aromatic rings. The second kappa shape index (κ2) is 18.0. The van der Waals surface area contributed by atoms with Gasteiger partial charge >= 0.3 is 17.6 Å². The molecular formula is C52H56O8. The summed E-state index contributed by atoms with van der Waals surface area (Å²) in [6.45, 7) is 5.42. The number of ether oxygens (including phenoxy) is 3.